The van der Waals surface area contributed by atoms with Crippen LogP contribution in [0.4, 0.5) is 0 Å². The van der Waals surface area contributed by atoms with Crippen LogP contribution in [-0.2, 0) is 14.1 Å². The van der Waals surface area contributed by atoms with E-state index in [2.05, 4.69) is 20.4 Å². The molecule has 0 spiro atoms. The molecule has 2 heterocycles. The van der Waals surface area contributed by atoms with Crippen molar-refractivity contribution in [2.75, 3.05) is 0 Å². The van der Waals surface area contributed by atoms with E-state index in [0.717, 1.165) is 5.82 Å². The molecule has 0 fully saturated rings. The third-order valence-corrected chi connectivity index (χ3v) is 2.92. The molecule has 1 atom stereocenters. The molecule has 0 aliphatic carbocycles. The predicted octanol–water partition coefficient (Wildman–Crippen LogP) is 0.676. The van der Waals surface area contributed by atoms with Gasteiger partial charge >= 0.3 is 0 Å². The fourth-order valence-corrected chi connectivity index (χ4v) is 1.86. The first-order valence-electron chi connectivity index (χ1n) is 6.11. The topological polar surface area (TPSA) is 77.6 Å². The molecule has 0 unspecified atom stereocenters. The number of nitrogens with one attached hydrogen (secondary N) is 1. The molecule has 0 aliphatic rings. The summed E-state index contributed by atoms with van der Waals surface area (Å²) in [6.45, 7) is 4.05. The van der Waals surface area contributed by atoms with E-state index in [1.54, 1.807) is 21.8 Å². The summed E-state index contributed by atoms with van der Waals surface area (Å²) in [4.78, 5) is 20.4. The SMILES string of the molecule is CC(C)[C@@H](NC(=O)c1cn(C)cn1)c1ncnn1C. The number of hydrogen-bond acceptors (Lipinski definition) is 4. The van der Waals surface area contributed by atoms with Gasteiger partial charge in [0.2, 0.25) is 0 Å². The maximum atomic E-state index is 12.1. The Hall–Kier alpha value is -2.18. The molecule has 2 rings (SSSR count). The molecule has 2 aromatic heterocycles. The Labute approximate surface area is 111 Å². The molecule has 0 saturated carbocycles. The first-order valence-corrected chi connectivity index (χ1v) is 6.11. The van der Waals surface area contributed by atoms with E-state index < -0.39 is 0 Å². The van der Waals surface area contributed by atoms with E-state index in [1.807, 2.05) is 27.9 Å². The van der Waals surface area contributed by atoms with E-state index in [0.29, 0.717) is 5.69 Å². The van der Waals surface area contributed by atoms with Crippen molar-refractivity contribution in [1.29, 1.82) is 0 Å². The van der Waals surface area contributed by atoms with E-state index in [4.69, 9.17) is 0 Å². The first-order chi connectivity index (χ1) is 8.99. The zero-order valence-electron chi connectivity index (χ0n) is 11.5. The summed E-state index contributed by atoms with van der Waals surface area (Å²) in [6.07, 6.45) is 4.77. The molecule has 1 amide bonds. The van der Waals surface area contributed by atoms with Gasteiger partial charge in [-0.2, -0.15) is 5.10 Å². The van der Waals surface area contributed by atoms with Crippen molar-refractivity contribution in [3.8, 4) is 0 Å². The smallest absolute Gasteiger partial charge is 0.272 e. The van der Waals surface area contributed by atoms with E-state index >= 15 is 0 Å². The minimum absolute atomic E-state index is 0.193. The summed E-state index contributed by atoms with van der Waals surface area (Å²) < 4.78 is 3.41. The lowest BCUT2D eigenvalue weighted by molar-refractivity contribution is 0.0917. The van der Waals surface area contributed by atoms with E-state index in [9.17, 15) is 4.79 Å². The average Bonchev–Trinajstić information content (AvgIpc) is 2.94. The number of carbonyl (C=O) groups excluding carboxylic acids is 1. The second-order valence-electron chi connectivity index (χ2n) is 4.86. The van der Waals surface area contributed by atoms with Crippen LogP contribution in [0, 0.1) is 5.92 Å². The number of rotatable bonds is 4. The summed E-state index contributed by atoms with van der Waals surface area (Å²) in [5.74, 6) is 0.733. The molecule has 19 heavy (non-hydrogen) atoms. The van der Waals surface area contributed by atoms with Crippen LogP contribution in [0.2, 0.25) is 0 Å². The molecule has 7 heteroatoms. The zero-order valence-corrected chi connectivity index (χ0v) is 11.5. The summed E-state index contributed by atoms with van der Waals surface area (Å²) in [6, 6.07) is -0.193. The first kappa shape index (κ1) is 13.3. The lowest BCUT2D eigenvalue weighted by atomic mass is 10.0. The van der Waals surface area contributed by atoms with Crippen LogP contribution in [-0.4, -0.2) is 30.2 Å². The van der Waals surface area contributed by atoms with Crippen molar-refractivity contribution in [1.82, 2.24) is 29.6 Å². The molecular weight excluding hydrogens is 244 g/mol. The standard InChI is InChI=1S/C12H18N6O/c1-8(2)10(11-13-6-15-18(11)4)16-12(19)9-5-17(3)7-14-9/h5-8,10H,1-4H3,(H,16,19)/t10-/m1/s1. The summed E-state index contributed by atoms with van der Waals surface area (Å²) in [5, 5.41) is 6.99. The van der Waals surface area contributed by atoms with Gasteiger partial charge in [-0.3, -0.25) is 9.48 Å². The molecule has 1 N–H and O–H groups in total. The van der Waals surface area contributed by atoms with Crippen molar-refractivity contribution in [3.63, 3.8) is 0 Å². The number of hydrogen-bond donors (Lipinski definition) is 1. The van der Waals surface area contributed by atoms with Gasteiger partial charge in [-0.25, -0.2) is 9.97 Å². The third kappa shape index (κ3) is 2.81. The lowest BCUT2D eigenvalue weighted by Crippen LogP contribution is -2.33. The minimum atomic E-state index is -0.206. The van der Waals surface area contributed by atoms with Crippen LogP contribution < -0.4 is 5.32 Å². The molecule has 0 saturated heterocycles. The molecule has 2 aromatic rings. The highest BCUT2D eigenvalue weighted by Crippen LogP contribution is 2.19. The largest absolute Gasteiger partial charge is 0.340 e. The Morgan fingerprint density at radius 2 is 2.05 bits per heavy atom. The number of amides is 1. The Bertz CT molecular complexity index is 570. The lowest BCUT2D eigenvalue weighted by Gasteiger charge is -2.20. The quantitative estimate of drug-likeness (QED) is 0.878. The Morgan fingerprint density at radius 3 is 2.53 bits per heavy atom. The van der Waals surface area contributed by atoms with Crippen LogP contribution >= 0.6 is 0 Å². The average molecular weight is 262 g/mol. The molecule has 0 aliphatic heterocycles. The predicted molar refractivity (Wildman–Crippen MR) is 69.3 cm³/mol. The second-order valence-corrected chi connectivity index (χ2v) is 4.86. The summed E-state index contributed by atoms with van der Waals surface area (Å²) >= 11 is 0. The fourth-order valence-electron chi connectivity index (χ4n) is 1.86. The van der Waals surface area contributed by atoms with Crippen molar-refractivity contribution in [2.45, 2.75) is 19.9 Å². The van der Waals surface area contributed by atoms with Crippen LogP contribution in [0.25, 0.3) is 0 Å². The van der Waals surface area contributed by atoms with Gasteiger partial charge in [0.25, 0.3) is 5.91 Å². The maximum absolute atomic E-state index is 12.1. The number of carbonyl (C=O) groups is 1. The Morgan fingerprint density at radius 1 is 1.32 bits per heavy atom. The van der Waals surface area contributed by atoms with Crippen LogP contribution in [0.1, 0.15) is 36.2 Å². The van der Waals surface area contributed by atoms with Crippen LogP contribution in [0.3, 0.4) is 0 Å². The molecular formula is C12H18N6O. The Kier molecular flexibility index (Phi) is 3.64. The highest BCUT2D eigenvalue weighted by molar-refractivity contribution is 5.92. The normalized spacial score (nSPS) is 12.7. The van der Waals surface area contributed by atoms with Gasteiger partial charge in [0.05, 0.1) is 12.4 Å². The second kappa shape index (κ2) is 5.21. The number of aryl methyl sites for hydroxylation is 2. The van der Waals surface area contributed by atoms with Gasteiger partial charge in [0, 0.05) is 20.3 Å². The Balaban J connectivity index is 2.18. The molecule has 0 bridgehead atoms. The number of imidazole rings is 1. The van der Waals surface area contributed by atoms with Gasteiger partial charge < -0.3 is 9.88 Å². The van der Waals surface area contributed by atoms with Gasteiger partial charge in [0.1, 0.15) is 17.8 Å². The molecule has 7 nitrogen and oxygen atoms in total. The van der Waals surface area contributed by atoms with Gasteiger partial charge in [-0.1, -0.05) is 13.8 Å². The van der Waals surface area contributed by atoms with Crippen LogP contribution in [0.15, 0.2) is 18.9 Å². The zero-order chi connectivity index (χ0) is 14.0. The van der Waals surface area contributed by atoms with Crippen molar-refractivity contribution in [3.05, 3.63) is 30.4 Å². The van der Waals surface area contributed by atoms with Crippen molar-refractivity contribution < 1.29 is 4.79 Å². The summed E-state index contributed by atoms with van der Waals surface area (Å²) in [5.41, 5.74) is 0.398. The minimum Gasteiger partial charge on any atom is -0.340 e. The van der Waals surface area contributed by atoms with Gasteiger partial charge in [-0.15, -0.1) is 0 Å². The molecule has 0 radical (unpaired) electrons. The van der Waals surface area contributed by atoms with E-state index in [1.165, 1.54) is 6.33 Å². The van der Waals surface area contributed by atoms with Crippen molar-refractivity contribution >= 4 is 5.91 Å². The van der Waals surface area contributed by atoms with Crippen LogP contribution in [0.5, 0.6) is 0 Å². The van der Waals surface area contributed by atoms with Gasteiger partial charge in [0.15, 0.2) is 0 Å². The molecule has 0 aromatic carbocycles. The fraction of sp³-hybridized carbons (Fsp3) is 0.500. The number of aromatic nitrogens is 5. The number of nitrogens with zero attached hydrogens (tertiary/aromatic N) is 5. The highest BCUT2D eigenvalue weighted by Gasteiger charge is 2.23. The third-order valence-electron chi connectivity index (χ3n) is 2.92. The monoisotopic (exact) mass is 262 g/mol. The molecule has 102 valence electrons. The van der Waals surface area contributed by atoms with E-state index in [-0.39, 0.29) is 17.9 Å². The maximum Gasteiger partial charge on any atom is 0.272 e. The highest BCUT2D eigenvalue weighted by atomic mass is 16.2. The van der Waals surface area contributed by atoms with Gasteiger partial charge in [-0.05, 0) is 5.92 Å². The summed E-state index contributed by atoms with van der Waals surface area (Å²) in [7, 11) is 3.64. The van der Waals surface area contributed by atoms with Crippen molar-refractivity contribution in [2.24, 2.45) is 20.0 Å².